The molecule has 0 rings (SSSR count). The number of nitrogens with zero attached hydrogens (tertiary/aromatic N) is 1. The Bertz CT molecular complexity index is 242. The molecule has 22 heavy (non-hydrogen) atoms. The van der Waals surface area contributed by atoms with Gasteiger partial charge in [-0.1, -0.05) is 26.7 Å². The molecule has 7 nitrogen and oxygen atoms in total. The molecule has 0 aromatic rings. The SMILES string of the molecule is NC(=O)CN(CC(=O)[O-])CC(=O)[O-].[CH2-]CCC.[CH2-]CCC.[Sn+4]. The van der Waals surface area contributed by atoms with Crippen molar-refractivity contribution in [1.29, 1.82) is 0 Å². The van der Waals surface area contributed by atoms with Gasteiger partial charge in [0.15, 0.2) is 0 Å². The maximum Gasteiger partial charge on any atom is 4.00 e. The minimum absolute atomic E-state index is 0. The van der Waals surface area contributed by atoms with E-state index in [4.69, 9.17) is 5.73 Å². The number of carboxylic acids is 2. The fraction of sp³-hybridized carbons (Fsp3) is 0.643. The number of hydrogen-bond donors (Lipinski definition) is 1. The summed E-state index contributed by atoms with van der Waals surface area (Å²) in [4.78, 5) is 31.2. The number of hydrogen-bond acceptors (Lipinski definition) is 6. The van der Waals surface area contributed by atoms with Crippen LogP contribution in [0.25, 0.3) is 0 Å². The molecule has 0 heterocycles. The van der Waals surface area contributed by atoms with E-state index in [9.17, 15) is 24.6 Å². The number of carbonyl (C=O) groups is 3. The maximum absolute atomic E-state index is 10.3. The molecule has 0 atom stereocenters. The third-order valence-electron chi connectivity index (χ3n) is 1.79. The van der Waals surface area contributed by atoms with Crippen LogP contribution in [0.15, 0.2) is 0 Å². The Morgan fingerprint density at radius 2 is 1.18 bits per heavy atom. The largest absolute Gasteiger partial charge is 4.00 e. The van der Waals surface area contributed by atoms with Crippen molar-refractivity contribution >= 4 is 41.8 Å². The van der Waals surface area contributed by atoms with Gasteiger partial charge in [0.1, 0.15) is 0 Å². The topological polar surface area (TPSA) is 127 Å². The third kappa shape index (κ3) is 36.5. The number of amides is 1. The molecule has 0 fully saturated rings. The van der Waals surface area contributed by atoms with Gasteiger partial charge in [0.05, 0.1) is 18.5 Å². The molecule has 0 unspecified atom stereocenters. The van der Waals surface area contributed by atoms with Crippen molar-refractivity contribution in [3.63, 3.8) is 0 Å². The van der Waals surface area contributed by atoms with Crippen LogP contribution < -0.4 is 15.9 Å². The molecule has 8 heteroatoms. The first kappa shape index (κ1) is 29.2. The summed E-state index contributed by atoms with van der Waals surface area (Å²) < 4.78 is 0. The molecule has 0 saturated carbocycles. The predicted molar refractivity (Wildman–Crippen MR) is 81.9 cm³/mol. The van der Waals surface area contributed by atoms with E-state index in [1.807, 2.05) is 0 Å². The molecule has 0 aliphatic rings. The Kier molecular flexibility index (Phi) is 29.8. The average molecular weight is 421 g/mol. The van der Waals surface area contributed by atoms with Gasteiger partial charge < -0.3 is 39.4 Å². The summed E-state index contributed by atoms with van der Waals surface area (Å²) in [5, 5.41) is 20.1. The second kappa shape index (κ2) is 22.4. The number of rotatable bonds is 8. The molecule has 1 amide bonds. The van der Waals surface area contributed by atoms with Crippen molar-refractivity contribution in [3.05, 3.63) is 13.8 Å². The van der Waals surface area contributed by atoms with Crippen molar-refractivity contribution in [2.45, 2.75) is 39.5 Å². The average Bonchev–Trinajstić information content (AvgIpc) is 2.37. The molecular weight excluding hydrogens is 395 g/mol. The summed E-state index contributed by atoms with van der Waals surface area (Å²) >= 11 is 0. The van der Waals surface area contributed by atoms with E-state index in [1.165, 1.54) is 12.8 Å². The second-order valence-electron chi connectivity index (χ2n) is 4.06. The van der Waals surface area contributed by atoms with Crippen molar-refractivity contribution in [3.8, 4) is 0 Å². The summed E-state index contributed by atoms with van der Waals surface area (Å²) in [5.41, 5.74) is 4.74. The summed E-state index contributed by atoms with van der Waals surface area (Å²) in [6.45, 7) is 9.65. The van der Waals surface area contributed by atoms with Gasteiger partial charge in [-0.15, -0.1) is 0 Å². The standard InChI is InChI=1S/C6H10N2O5.2C4H9.Sn/c7-4(9)1-8(2-5(10)11)3-6(12)13;2*1-3-4-2;/h1-3H2,(H2,7,9)(H,10,11)(H,12,13);2*1,3-4H2,2H3;/q;2*-1;+4/p-2. The molecule has 2 N–H and O–H groups in total. The van der Waals surface area contributed by atoms with E-state index >= 15 is 0 Å². The van der Waals surface area contributed by atoms with Crippen molar-refractivity contribution < 1.29 is 24.6 Å². The van der Waals surface area contributed by atoms with Crippen LogP contribution in [0.3, 0.4) is 0 Å². The molecule has 0 aliphatic carbocycles. The molecule has 0 aliphatic heterocycles. The Morgan fingerprint density at radius 3 is 1.32 bits per heavy atom. The van der Waals surface area contributed by atoms with E-state index in [1.54, 1.807) is 0 Å². The van der Waals surface area contributed by atoms with Crippen LogP contribution >= 0.6 is 0 Å². The Balaban J connectivity index is -0.000000150. The first-order chi connectivity index (χ1) is 9.74. The summed E-state index contributed by atoms with van der Waals surface area (Å²) in [6.07, 6.45) is 4.56. The number of aliphatic carboxylic acids is 2. The van der Waals surface area contributed by atoms with Crippen molar-refractivity contribution in [2.24, 2.45) is 5.73 Å². The Labute approximate surface area is 150 Å². The molecule has 0 aromatic heterocycles. The minimum atomic E-state index is -1.48. The smallest absolute Gasteiger partial charge is 0.549 e. The summed E-state index contributed by atoms with van der Waals surface area (Å²) in [7, 11) is 0. The van der Waals surface area contributed by atoms with Gasteiger partial charge >= 0.3 is 23.9 Å². The number of nitrogens with two attached hydrogens (primary N) is 1. The Morgan fingerprint density at radius 1 is 0.909 bits per heavy atom. The van der Waals surface area contributed by atoms with Gasteiger partial charge in [-0.05, 0) is 0 Å². The molecule has 126 valence electrons. The molecular formula is C14H26N2O5Sn. The Hall–Kier alpha value is -0.831. The van der Waals surface area contributed by atoms with Gasteiger partial charge in [0.2, 0.25) is 5.91 Å². The number of carbonyl (C=O) groups excluding carboxylic acids is 3. The first-order valence-corrected chi connectivity index (χ1v) is 6.73. The summed E-state index contributed by atoms with van der Waals surface area (Å²) in [5.74, 6) is -3.78. The van der Waals surface area contributed by atoms with Crippen LogP contribution in [-0.2, 0) is 14.4 Å². The van der Waals surface area contributed by atoms with Crippen LogP contribution in [0.5, 0.6) is 0 Å². The second-order valence-corrected chi connectivity index (χ2v) is 4.06. The quantitative estimate of drug-likeness (QED) is 0.362. The zero-order valence-electron chi connectivity index (χ0n) is 13.4. The zero-order valence-corrected chi connectivity index (χ0v) is 16.3. The van der Waals surface area contributed by atoms with E-state index < -0.39 is 37.5 Å². The van der Waals surface area contributed by atoms with E-state index in [-0.39, 0.29) is 23.9 Å². The first-order valence-electron chi connectivity index (χ1n) is 6.73. The fourth-order valence-electron chi connectivity index (χ4n) is 0.753. The normalized spacial score (nSPS) is 8.59. The number of carboxylic acid groups (broad SMARTS) is 2. The summed E-state index contributed by atoms with van der Waals surface area (Å²) in [6, 6.07) is 0. The van der Waals surface area contributed by atoms with Gasteiger partial charge in [-0.25, -0.2) is 0 Å². The predicted octanol–water partition coefficient (Wildman–Crippen LogP) is -1.87. The van der Waals surface area contributed by atoms with Crippen LogP contribution in [0.4, 0.5) is 0 Å². The van der Waals surface area contributed by atoms with Gasteiger partial charge in [0, 0.05) is 13.1 Å². The van der Waals surface area contributed by atoms with E-state index in [2.05, 4.69) is 27.7 Å². The number of unbranched alkanes of at least 4 members (excludes halogenated alkanes) is 2. The number of primary amides is 1. The fourth-order valence-corrected chi connectivity index (χ4v) is 0.753. The van der Waals surface area contributed by atoms with Crippen LogP contribution in [0, 0.1) is 13.8 Å². The van der Waals surface area contributed by atoms with E-state index in [0.717, 1.165) is 17.7 Å². The van der Waals surface area contributed by atoms with Crippen LogP contribution in [0.1, 0.15) is 39.5 Å². The van der Waals surface area contributed by atoms with Crippen molar-refractivity contribution in [2.75, 3.05) is 19.6 Å². The molecule has 0 aromatic carbocycles. The third-order valence-corrected chi connectivity index (χ3v) is 1.79. The molecule has 0 bridgehead atoms. The van der Waals surface area contributed by atoms with Gasteiger partial charge in [0.25, 0.3) is 0 Å². The zero-order chi connectivity index (χ0) is 17.3. The minimum Gasteiger partial charge on any atom is -0.549 e. The molecule has 0 spiro atoms. The molecule has 0 radical (unpaired) electrons. The van der Waals surface area contributed by atoms with Gasteiger partial charge in [-0.3, -0.25) is 9.69 Å². The van der Waals surface area contributed by atoms with E-state index in [0.29, 0.717) is 0 Å². The monoisotopic (exact) mass is 422 g/mol. The van der Waals surface area contributed by atoms with Crippen LogP contribution in [0.2, 0.25) is 0 Å². The van der Waals surface area contributed by atoms with Gasteiger partial charge in [-0.2, -0.15) is 12.8 Å². The maximum atomic E-state index is 10.3. The van der Waals surface area contributed by atoms with Crippen molar-refractivity contribution in [1.82, 2.24) is 4.90 Å². The molecule has 0 saturated heterocycles. The van der Waals surface area contributed by atoms with Crippen LogP contribution in [-0.4, -0.2) is 66.3 Å².